The Balaban J connectivity index is 2.34. The normalized spacial score (nSPS) is 12.0. The molecule has 0 saturated heterocycles. The largest absolute Gasteiger partial charge is 0.462 e. The van der Waals surface area contributed by atoms with Crippen molar-refractivity contribution in [3.8, 4) is 0 Å². The zero-order valence-electron chi connectivity index (χ0n) is 13.3. The van der Waals surface area contributed by atoms with E-state index < -0.39 is 10.0 Å². The summed E-state index contributed by atoms with van der Waals surface area (Å²) in [7, 11) is -0.219. The molecular weight excluding hydrogens is 336 g/mol. The smallest absolute Gasteiger partial charge is 0.348 e. The standard InChI is InChI=1S/C15H20N2O4S2/c1-4-21-15(18)14-10-11-9-12(5-6-13(11)22-14)23(19,20)17(3)8-7-16-2/h5-6,9-10,16H,4,7-8H2,1-3H3. The molecule has 1 heterocycles. The van der Waals surface area contributed by atoms with E-state index in [0.717, 1.165) is 10.1 Å². The molecule has 8 heteroatoms. The Bertz CT molecular complexity index is 799. The molecule has 0 saturated carbocycles. The van der Waals surface area contributed by atoms with Gasteiger partial charge in [-0.15, -0.1) is 11.3 Å². The fourth-order valence-electron chi connectivity index (χ4n) is 2.05. The number of thiophene rings is 1. The number of sulfonamides is 1. The third-order valence-corrected chi connectivity index (χ3v) is 6.30. The number of nitrogens with one attached hydrogen (secondary N) is 1. The minimum Gasteiger partial charge on any atom is -0.462 e. The Morgan fingerprint density at radius 2 is 2.09 bits per heavy atom. The molecule has 1 aromatic carbocycles. The zero-order valence-corrected chi connectivity index (χ0v) is 15.0. The van der Waals surface area contributed by atoms with Crippen LogP contribution in [0.15, 0.2) is 29.2 Å². The van der Waals surface area contributed by atoms with Crippen LogP contribution in [-0.2, 0) is 14.8 Å². The van der Waals surface area contributed by atoms with Gasteiger partial charge in [0.05, 0.1) is 11.5 Å². The summed E-state index contributed by atoms with van der Waals surface area (Å²) in [5.74, 6) is -0.385. The van der Waals surface area contributed by atoms with Crippen LogP contribution < -0.4 is 5.32 Å². The highest BCUT2D eigenvalue weighted by Crippen LogP contribution is 2.29. The number of carbonyl (C=O) groups excluding carboxylic acids is 1. The van der Waals surface area contributed by atoms with Crippen molar-refractivity contribution >= 4 is 37.4 Å². The van der Waals surface area contributed by atoms with Gasteiger partial charge in [-0.1, -0.05) is 0 Å². The van der Waals surface area contributed by atoms with E-state index in [0.29, 0.717) is 24.6 Å². The van der Waals surface area contributed by atoms with Gasteiger partial charge in [-0.05, 0) is 43.6 Å². The second-order valence-corrected chi connectivity index (χ2v) is 8.09. The predicted molar refractivity (Wildman–Crippen MR) is 91.5 cm³/mol. The average molecular weight is 356 g/mol. The number of ether oxygens (including phenoxy) is 1. The van der Waals surface area contributed by atoms with E-state index in [9.17, 15) is 13.2 Å². The number of hydrogen-bond acceptors (Lipinski definition) is 6. The number of likely N-dealkylation sites (N-methyl/N-ethyl adjacent to an activating group) is 2. The fraction of sp³-hybridized carbons (Fsp3) is 0.400. The number of benzene rings is 1. The summed E-state index contributed by atoms with van der Waals surface area (Å²) in [5, 5.41) is 3.65. The number of rotatable bonds is 7. The first kappa shape index (κ1) is 17.9. The molecule has 1 N–H and O–H groups in total. The summed E-state index contributed by atoms with van der Waals surface area (Å²) in [6.07, 6.45) is 0. The van der Waals surface area contributed by atoms with E-state index in [1.54, 1.807) is 45.3 Å². The lowest BCUT2D eigenvalue weighted by molar-refractivity contribution is 0.0532. The Morgan fingerprint density at radius 1 is 1.35 bits per heavy atom. The SMILES string of the molecule is CCOC(=O)c1cc2cc(S(=O)(=O)N(C)CCNC)ccc2s1. The van der Waals surface area contributed by atoms with Gasteiger partial charge in [0.1, 0.15) is 4.88 Å². The quantitative estimate of drug-likeness (QED) is 0.767. The first-order valence-corrected chi connectivity index (χ1v) is 9.47. The molecule has 0 aliphatic rings. The van der Waals surface area contributed by atoms with Crippen molar-refractivity contribution in [2.24, 2.45) is 0 Å². The first-order chi connectivity index (χ1) is 10.9. The maximum absolute atomic E-state index is 12.5. The molecule has 0 bridgehead atoms. The number of fused-ring (bicyclic) bond motifs is 1. The molecule has 0 atom stereocenters. The van der Waals surface area contributed by atoms with Crippen LogP contribution in [0.25, 0.3) is 10.1 Å². The number of carbonyl (C=O) groups is 1. The summed E-state index contributed by atoms with van der Waals surface area (Å²) in [5.41, 5.74) is 0. The lowest BCUT2D eigenvalue weighted by atomic mass is 10.2. The Hall–Kier alpha value is -1.48. The molecule has 0 amide bonds. The zero-order chi connectivity index (χ0) is 17.0. The second-order valence-electron chi connectivity index (χ2n) is 4.96. The van der Waals surface area contributed by atoms with Crippen LogP contribution in [0.5, 0.6) is 0 Å². The minimum absolute atomic E-state index is 0.219. The van der Waals surface area contributed by atoms with E-state index in [4.69, 9.17) is 4.74 Å². The van der Waals surface area contributed by atoms with Gasteiger partial charge in [0.15, 0.2) is 0 Å². The van der Waals surface area contributed by atoms with Crippen molar-refractivity contribution in [1.29, 1.82) is 0 Å². The molecule has 0 unspecified atom stereocenters. The van der Waals surface area contributed by atoms with Gasteiger partial charge >= 0.3 is 5.97 Å². The molecule has 0 spiro atoms. The van der Waals surface area contributed by atoms with Crippen LogP contribution >= 0.6 is 11.3 Å². The topological polar surface area (TPSA) is 75.7 Å². The maximum Gasteiger partial charge on any atom is 0.348 e. The summed E-state index contributed by atoms with van der Waals surface area (Å²) in [4.78, 5) is 12.5. The highest BCUT2D eigenvalue weighted by atomic mass is 32.2. The summed E-state index contributed by atoms with van der Waals surface area (Å²) >= 11 is 1.29. The van der Waals surface area contributed by atoms with Crippen LogP contribution in [0.1, 0.15) is 16.6 Å². The summed E-state index contributed by atoms with van der Waals surface area (Å²) in [6, 6.07) is 6.56. The van der Waals surface area contributed by atoms with Crippen molar-refractivity contribution in [3.63, 3.8) is 0 Å². The number of nitrogens with zero attached hydrogens (tertiary/aromatic N) is 1. The summed E-state index contributed by atoms with van der Waals surface area (Å²) in [6.45, 7) is 3.01. The third-order valence-electron chi connectivity index (χ3n) is 3.35. The molecule has 1 aromatic heterocycles. The van der Waals surface area contributed by atoms with E-state index in [-0.39, 0.29) is 10.9 Å². The fourth-order valence-corrected chi connectivity index (χ4v) is 4.20. The van der Waals surface area contributed by atoms with E-state index in [1.165, 1.54) is 15.6 Å². The molecule has 0 radical (unpaired) electrons. The van der Waals surface area contributed by atoms with Crippen molar-refractivity contribution in [2.75, 3.05) is 33.8 Å². The maximum atomic E-state index is 12.5. The lowest BCUT2D eigenvalue weighted by Crippen LogP contribution is -2.32. The van der Waals surface area contributed by atoms with Crippen LogP contribution in [0, 0.1) is 0 Å². The molecular formula is C15H20N2O4S2. The molecule has 2 aromatic rings. The molecule has 2 rings (SSSR count). The molecule has 0 aliphatic carbocycles. The molecule has 126 valence electrons. The van der Waals surface area contributed by atoms with E-state index in [2.05, 4.69) is 5.32 Å². The van der Waals surface area contributed by atoms with E-state index >= 15 is 0 Å². The van der Waals surface area contributed by atoms with Gasteiger partial charge < -0.3 is 10.1 Å². The Kier molecular flexibility index (Phi) is 5.74. The van der Waals surface area contributed by atoms with Crippen molar-refractivity contribution in [1.82, 2.24) is 9.62 Å². The van der Waals surface area contributed by atoms with Crippen molar-refractivity contribution in [3.05, 3.63) is 29.1 Å². The lowest BCUT2D eigenvalue weighted by Gasteiger charge is -2.16. The molecule has 6 nitrogen and oxygen atoms in total. The molecule has 0 fully saturated rings. The van der Waals surface area contributed by atoms with Gasteiger partial charge in [0, 0.05) is 24.8 Å². The molecule has 23 heavy (non-hydrogen) atoms. The first-order valence-electron chi connectivity index (χ1n) is 7.21. The van der Waals surface area contributed by atoms with Gasteiger partial charge in [0.25, 0.3) is 0 Å². The summed E-state index contributed by atoms with van der Waals surface area (Å²) < 4.78 is 32.2. The third kappa shape index (κ3) is 3.89. The number of esters is 1. The Morgan fingerprint density at radius 3 is 2.74 bits per heavy atom. The predicted octanol–water partition coefficient (Wildman–Crippen LogP) is 1.92. The average Bonchev–Trinajstić information content (AvgIpc) is 2.95. The van der Waals surface area contributed by atoms with Crippen LogP contribution in [-0.4, -0.2) is 52.5 Å². The van der Waals surface area contributed by atoms with E-state index in [1.807, 2.05) is 0 Å². The monoisotopic (exact) mass is 356 g/mol. The van der Waals surface area contributed by atoms with Crippen LogP contribution in [0.4, 0.5) is 0 Å². The molecule has 0 aliphatic heterocycles. The minimum atomic E-state index is -3.54. The van der Waals surface area contributed by atoms with Crippen molar-refractivity contribution < 1.29 is 17.9 Å². The van der Waals surface area contributed by atoms with Crippen LogP contribution in [0.2, 0.25) is 0 Å². The van der Waals surface area contributed by atoms with Gasteiger partial charge in [0.2, 0.25) is 10.0 Å². The highest BCUT2D eigenvalue weighted by molar-refractivity contribution is 7.89. The van der Waals surface area contributed by atoms with Gasteiger partial charge in [-0.3, -0.25) is 0 Å². The number of hydrogen-bond donors (Lipinski definition) is 1. The highest BCUT2D eigenvalue weighted by Gasteiger charge is 2.21. The Labute approximate surface area is 140 Å². The van der Waals surface area contributed by atoms with Crippen LogP contribution in [0.3, 0.4) is 0 Å². The van der Waals surface area contributed by atoms with Crippen molar-refractivity contribution in [2.45, 2.75) is 11.8 Å². The second kappa shape index (κ2) is 7.39. The van der Waals surface area contributed by atoms with Gasteiger partial charge in [-0.25, -0.2) is 13.2 Å². The van der Waals surface area contributed by atoms with Gasteiger partial charge in [-0.2, -0.15) is 4.31 Å².